The molecule has 2 heterocycles. The van der Waals surface area contributed by atoms with E-state index < -0.39 is 41.4 Å². The van der Waals surface area contributed by atoms with E-state index in [1.165, 1.54) is 0 Å². The molecule has 0 unspecified atom stereocenters. The van der Waals surface area contributed by atoms with E-state index in [1.54, 1.807) is 11.9 Å². The van der Waals surface area contributed by atoms with Crippen molar-refractivity contribution in [3.8, 4) is 0 Å². The van der Waals surface area contributed by atoms with E-state index in [0.29, 0.717) is 6.20 Å². The highest BCUT2D eigenvalue weighted by molar-refractivity contribution is 4.93. The molecule has 0 radical (unpaired) electrons. The lowest BCUT2D eigenvalue weighted by Gasteiger charge is -2.17. The first-order chi connectivity index (χ1) is 8.45. The molecule has 3 N–H and O–H groups in total. The molecule has 0 aromatic carbocycles. The summed E-state index contributed by atoms with van der Waals surface area (Å²) in [7, 11) is 0. The molecule has 1 aliphatic rings. The summed E-state index contributed by atoms with van der Waals surface area (Å²) in [4.78, 5) is 24.2. The first kappa shape index (κ1) is 12.9. The fraction of sp³-hybridized carbons (Fsp3) is 0.600. The van der Waals surface area contributed by atoms with Crippen molar-refractivity contribution in [2.24, 2.45) is 5.92 Å². The minimum absolute atomic E-state index is 0.324. The average Bonchev–Trinajstić information content (AvgIpc) is 2.61. The van der Waals surface area contributed by atoms with Crippen molar-refractivity contribution < 1.29 is 19.3 Å². The molecule has 1 saturated heterocycles. The quantitative estimate of drug-likeness (QED) is 0.604. The molecule has 0 spiro atoms. The summed E-state index contributed by atoms with van der Waals surface area (Å²) in [5.41, 5.74) is -2.01. The van der Waals surface area contributed by atoms with E-state index in [9.17, 15) is 19.1 Å². The van der Waals surface area contributed by atoms with Crippen molar-refractivity contribution in [1.29, 1.82) is 0 Å². The molecule has 0 aliphatic carbocycles. The lowest BCUT2D eigenvalue weighted by atomic mass is 10.0. The van der Waals surface area contributed by atoms with Gasteiger partial charge >= 0.3 is 5.69 Å². The van der Waals surface area contributed by atoms with Crippen molar-refractivity contribution in [3.63, 3.8) is 0 Å². The molecule has 0 amide bonds. The number of hydrogen-bond acceptors (Lipinski definition) is 5. The molecule has 4 atom stereocenters. The van der Waals surface area contributed by atoms with E-state index in [2.05, 4.69) is 0 Å². The summed E-state index contributed by atoms with van der Waals surface area (Å²) in [5.74, 6) is -1.56. The molecule has 0 saturated carbocycles. The lowest BCUT2D eigenvalue weighted by molar-refractivity contribution is -0.0539. The minimum atomic E-state index is -1.15. The number of aromatic nitrogens is 2. The number of ether oxygens (including phenoxy) is 1. The van der Waals surface area contributed by atoms with Crippen LogP contribution in [0.25, 0.3) is 0 Å². The van der Waals surface area contributed by atoms with E-state index in [4.69, 9.17) is 9.84 Å². The molecule has 1 fully saturated rings. The number of rotatable bonds is 2. The molecule has 18 heavy (non-hydrogen) atoms. The van der Waals surface area contributed by atoms with E-state index >= 15 is 0 Å². The zero-order valence-corrected chi connectivity index (χ0v) is 9.54. The number of aliphatic hydroxyl groups excluding tert-OH is 2. The SMILES string of the molecule is C[C@H]1[C@@H](O)[C@H](n2cc(F)c(=O)[nH]c2=O)O[C@@H]1CO. The van der Waals surface area contributed by atoms with Crippen LogP contribution in [0.2, 0.25) is 0 Å². The van der Waals surface area contributed by atoms with E-state index in [1.807, 2.05) is 0 Å². The van der Waals surface area contributed by atoms with Crippen LogP contribution in [0.5, 0.6) is 0 Å². The predicted octanol–water partition coefficient (Wildman–Crippen LogP) is -1.44. The normalized spacial score (nSPS) is 31.8. The van der Waals surface area contributed by atoms with Crippen LogP contribution in [-0.2, 0) is 4.74 Å². The monoisotopic (exact) mass is 260 g/mol. The number of H-pyrrole nitrogens is 1. The first-order valence-corrected chi connectivity index (χ1v) is 5.41. The number of nitrogens with one attached hydrogen (secondary N) is 1. The standard InChI is InChI=1S/C10H13FN2O5/c1-4-6(3-14)18-9(7(4)15)13-2-5(11)8(16)12-10(13)17/h2,4,6-7,9,14-15H,3H2,1H3,(H,12,16,17)/t4-,6-,7-,9-/m1/s1. The summed E-state index contributed by atoms with van der Waals surface area (Å²) >= 11 is 0. The second kappa shape index (κ2) is 4.63. The van der Waals surface area contributed by atoms with Gasteiger partial charge in [-0.05, 0) is 0 Å². The van der Waals surface area contributed by atoms with Gasteiger partial charge in [-0.1, -0.05) is 6.92 Å². The third-order valence-corrected chi connectivity index (χ3v) is 3.11. The average molecular weight is 260 g/mol. The van der Waals surface area contributed by atoms with Gasteiger partial charge < -0.3 is 14.9 Å². The fourth-order valence-corrected chi connectivity index (χ4v) is 1.95. The van der Waals surface area contributed by atoms with Crippen LogP contribution in [-0.4, -0.2) is 38.6 Å². The van der Waals surface area contributed by atoms with Gasteiger partial charge in [-0.25, -0.2) is 4.79 Å². The van der Waals surface area contributed by atoms with Crippen molar-refractivity contribution in [2.75, 3.05) is 6.61 Å². The molecular weight excluding hydrogens is 247 g/mol. The third-order valence-electron chi connectivity index (χ3n) is 3.11. The molecular formula is C10H13FN2O5. The second-order valence-corrected chi connectivity index (χ2v) is 4.24. The van der Waals surface area contributed by atoms with Gasteiger partial charge in [0.1, 0.15) is 6.10 Å². The Bertz CT molecular complexity index is 554. The topological polar surface area (TPSA) is 105 Å². The van der Waals surface area contributed by atoms with Crippen molar-refractivity contribution >= 4 is 0 Å². The summed E-state index contributed by atoms with van der Waals surface area (Å²) in [6.45, 7) is 1.31. The Hall–Kier alpha value is -1.51. The van der Waals surface area contributed by atoms with Crippen LogP contribution in [0.4, 0.5) is 4.39 Å². The largest absolute Gasteiger partial charge is 0.394 e. The van der Waals surface area contributed by atoms with Gasteiger partial charge in [0, 0.05) is 5.92 Å². The maximum Gasteiger partial charge on any atom is 0.330 e. The van der Waals surface area contributed by atoms with Crippen LogP contribution in [0.3, 0.4) is 0 Å². The Morgan fingerprint density at radius 1 is 1.56 bits per heavy atom. The van der Waals surface area contributed by atoms with E-state index in [0.717, 1.165) is 4.57 Å². The van der Waals surface area contributed by atoms with Crippen molar-refractivity contribution in [1.82, 2.24) is 9.55 Å². The second-order valence-electron chi connectivity index (χ2n) is 4.24. The lowest BCUT2D eigenvalue weighted by Crippen LogP contribution is -2.37. The van der Waals surface area contributed by atoms with Gasteiger partial charge in [0.2, 0.25) is 5.82 Å². The van der Waals surface area contributed by atoms with Gasteiger partial charge in [-0.2, -0.15) is 4.39 Å². The van der Waals surface area contributed by atoms with E-state index in [-0.39, 0.29) is 6.61 Å². The molecule has 7 nitrogen and oxygen atoms in total. The minimum Gasteiger partial charge on any atom is -0.394 e. The van der Waals surface area contributed by atoms with Crippen LogP contribution in [0.15, 0.2) is 15.8 Å². The van der Waals surface area contributed by atoms with Crippen LogP contribution >= 0.6 is 0 Å². The molecule has 1 aromatic rings. The highest BCUT2D eigenvalue weighted by atomic mass is 19.1. The van der Waals surface area contributed by atoms with Crippen LogP contribution in [0.1, 0.15) is 13.2 Å². The zero-order valence-electron chi connectivity index (χ0n) is 9.54. The van der Waals surface area contributed by atoms with Crippen LogP contribution < -0.4 is 11.2 Å². The fourth-order valence-electron chi connectivity index (χ4n) is 1.95. The summed E-state index contributed by atoms with van der Waals surface area (Å²) in [6, 6.07) is 0. The van der Waals surface area contributed by atoms with Gasteiger partial charge in [-0.3, -0.25) is 14.3 Å². The zero-order chi connectivity index (χ0) is 13.4. The summed E-state index contributed by atoms with van der Waals surface area (Å²) in [5, 5.41) is 18.9. The highest BCUT2D eigenvalue weighted by Gasteiger charge is 2.42. The highest BCUT2D eigenvalue weighted by Crippen LogP contribution is 2.32. The van der Waals surface area contributed by atoms with Gasteiger partial charge in [-0.15, -0.1) is 0 Å². The van der Waals surface area contributed by atoms with Gasteiger partial charge in [0.15, 0.2) is 6.23 Å². The Labute approximate surface area is 100 Å². The third kappa shape index (κ3) is 1.98. The van der Waals surface area contributed by atoms with Crippen molar-refractivity contribution in [2.45, 2.75) is 25.4 Å². The number of aromatic amines is 1. The van der Waals surface area contributed by atoms with Gasteiger partial charge in [0.05, 0.1) is 18.9 Å². The number of hydrogen-bond donors (Lipinski definition) is 3. The van der Waals surface area contributed by atoms with Crippen molar-refractivity contribution in [3.05, 3.63) is 32.9 Å². The number of aliphatic hydroxyl groups is 2. The Morgan fingerprint density at radius 2 is 2.22 bits per heavy atom. The molecule has 1 aromatic heterocycles. The number of halogens is 1. The molecule has 0 bridgehead atoms. The first-order valence-electron chi connectivity index (χ1n) is 5.41. The Morgan fingerprint density at radius 3 is 2.78 bits per heavy atom. The van der Waals surface area contributed by atoms with Crippen LogP contribution in [0, 0.1) is 11.7 Å². The smallest absolute Gasteiger partial charge is 0.330 e. The van der Waals surface area contributed by atoms with Gasteiger partial charge in [0.25, 0.3) is 5.56 Å². The Balaban J connectivity index is 2.42. The molecule has 1 aliphatic heterocycles. The maximum absolute atomic E-state index is 13.1. The molecule has 8 heteroatoms. The summed E-state index contributed by atoms with van der Waals surface area (Å²) in [6.07, 6.45) is -2.17. The molecule has 100 valence electrons. The maximum atomic E-state index is 13.1. The molecule has 2 rings (SSSR count). The number of nitrogens with zero attached hydrogens (tertiary/aromatic N) is 1. The predicted molar refractivity (Wildman–Crippen MR) is 57.4 cm³/mol. The summed E-state index contributed by atoms with van der Waals surface area (Å²) < 4.78 is 19.2. The Kier molecular flexibility index (Phi) is 3.33.